The van der Waals surface area contributed by atoms with Crippen LogP contribution in [-0.4, -0.2) is 32.6 Å². The Balaban J connectivity index is 1.54. The number of benzene rings is 3. The third-order valence-electron chi connectivity index (χ3n) is 5.25. The molecule has 32 heavy (non-hydrogen) atoms. The molecule has 1 atom stereocenters. The zero-order chi connectivity index (χ0) is 22.5. The van der Waals surface area contributed by atoms with Gasteiger partial charge in [-0.1, -0.05) is 24.3 Å². The van der Waals surface area contributed by atoms with Gasteiger partial charge in [0.05, 0.1) is 19.9 Å². The predicted molar refractivity (Wildman–Crippen MR) is 127 cm³/mol. The molecule has 0 saturated heterocycles. The molecule has 0 aromatic heterocycles. The molecule has 0 fully saturated rings. The molecule has 6 nitrogen and oxygen atoms in total. The fraction of sp³-hybridized carbons (Fsp3) is 0.200. The first-order valence-corrected chi connectivity index (χ1v) is 11.1. The lowest BCUT2D eigenvalue weighted by molar-refractivity contribution is -0.121. The van der Waals surface area contributed by atoms with Gasteiger partial charge in [0, 0.05) is 22.3 Å². The SMILES string of the molecule is COc1ccc(NC(=O)CN2C(=O)C[C@H](c3ccc(OC)cc3)Sc3ccccc32)cc1. The van der Waals surface area contributed by atoms with E-state index in [-0.39, 0.29) is 23.6 Å². The molecule has 7 heteroatoms. The minimum absolute atomic E-state index is 0.0517. The smallest absolute Gasteiger partial charge is 0.244 e. The molecule has 0 radical (unpaired) electrons. The van der Waals surface area contributed by atoms with Gasteiger partial charge in [-0.2, -0.15) is 0 Å². The summed E-state index contributed by atoms with van der Waals surface area (Å²) in [4.78, 5) is 28.6. The Morgan fingerprint density at radius 2 is 1.59 bits per heavy atom. The van der Waals surface area contributed by atoms with Crippen molar-refractivity contribution >= 4 is 35.0 Å². The number of amides is 2. The van der Waals surface area contributed by atoms with Crippen LogP contribution in [0.25, 0.3) is 0 Å². The summed E-state index contributed by atoms with van der Waals surface area (Å²) in [7, 11) is 3.22. The van der Waals surface area contributed by atoms with Gasteiger partial charge in [0.2, 0.25) is 11.8 Å². The van der Waals surface area contributed by atoms with Gasteiger partial charge < -0.3 is 19.7 Å². The summed E-state index contributed by atoms with van der Waals surface area (Å²) in [5, 5.41) is 2.81. The van der Waals surface area contributed by atoms with Gasteiger partial charge in [0.1, 0.15) is 18.0 Å². The van der Waals surface area contributed by atoms with Crippen molar-refractivity contribution in [1.82, 2.24) is 0 Å². The summed E-state index contributed by atoms with van der Waals surface area (Å²) in [6, 6.07) is 22.6. The fourth-order valence-corrected chi connectivity index (χ4v) is 4.86. The average molecular weight is 449 g/mol. The van der Waals surface area contributed by atoms with E-state index in [0.717, 1.165) is 21.9 Å². The maximum absolute atomic E-state index is 13.2. The van der Waals surface area contributed by atoms with E-state index in [0.29, 0.717) is 17.9 Å². The van der Waals surface area contributed by atoms with E-state index in [9.17, 15) is 9.59 Å². The van der Waals surface area contributed by atoms with Crippen molar-refractivity contribution in [2.45, 2.75) is 16.6 Å². The average Bonchev–Trinajstić information content (AvgIpc) is 2.96. The highest BCUT2D eigenvalue weighted by Crippen LogP contribution is 2.45. The number of hydrogen-bond acceptors (Lipinski definition) is 5. The first kappa shape index (κ1) is 21.8. The predicted octanol–water partition coefficient (Wildman–Crippen LogP) is 4.91. The lowest BCUT2D eigenvalue weighted by atomic mass is 10.1. The van der Waals surface area contributed by atoms with E-state index in [2.05, 4.69) is 5.32 Å². The van der Waals surface area contributed by atoms with E-state index in [4.69, 9.17) is 9.47 Å². The van der Waals surface area contributed by atoms with Crippen LogP contribution in [0.3, 0.4) is 0 Å². The number of fused-ring (bicyclic) bond motifs is 1. The molecule has 1 aliphatic heterocycles. The monoisotopic (exact) mass is 448 g/mol. The van der Waals surface area contributed by atoms with E-state index in [1.807, 2.05) is 48.5 Å². The second kappa shape index (κ2) is 9.78. The van der Waals surface area contributed by atoms with Crippen molar-refractivity contribution in [2.75, 3.05) is 31.0 Å². The standard InChI is InChI=1S/C25H24N2O4S/c1-30-19-11-7-17(8-12-19)23-15-25(29)27(21-5-3-4-6-22(21)32-23)16-24(28)26-18-9-13-20(31-2)14-10-18/h3-14,23H,15-16H2,1-2H3,(H,26,28)/t23-/m1/s1. The summed E-state index contributed by atoms with van der Waals surface area (Å²) in [5.41, 5.74) is 2.45. The number of rotatable bonds is 6. The number of hydrogen-bond donors (Lipinski definition) is 1. The summed E-state index contributed by atoms with van der Waals surface area (Å²) in [6.45, 7) is -0.0578. The van der Waals surface area contributed by atoms with Gasteiger partial charge in [-0.3, -0.25) is 9.59 Å². The Morgan fingerprint density at radius 1 is 0.969 bits per heavy atom. The zero-order valence-electron chi connectivity index (χ0n) is 17.9. The molecule has 0 bridgehead atoms. The van der Waals surface area contributed by atoms with E-state index < -0.39 is 0 Å². The van der Waals surface area contributed by atoms with Crippen molar-refractivity contribution in [3.63, 3.8) is 0 Å². The largest absolute Gasteiger partial charge is 0.497 e. The number of anilines is 2. The van der Waals surface area contributed by atoms with Crippen LogP contribution in [-0.2, 0) is 9.59 Å². The molecular weight excluding hydrogens is 424 g/mol. The summed E-state index contributed by atoms with van der Waals surface area (Å²) >= 11 is 1.64. The van der Waals surface area contributed by atoms with Crippen LogP contribution >= 0.6 is 11.8 Å². The van der Waals surface area contributed by atoms with Gasteiger partial charge in [0.25, 0.3) is 0 Å². The van der Waals surface area contributed by atoms with Crippen molar-refractivity contribution in [2.24, 2.45) is 0 Å². The number of thioether (sulfide) groups is 1. The molecule has 2 amide bonds. The molecule has 1 aliphatic rings. The highest BCUT2D eigenvalue weighted by molar-refractivity contribution is 7.99. The van der Waals surface area contributed by atoms with Crippen LogP contribution in [0.5, 0.6) is 11.5 Å². The molecule has 1 N–H and O–H groups in total. The molecule has 0 saturated carbocycles. The van der Waals surface area contributed by atoms with E-state index >= 15 is 0 Å². The lowest BCUT2D eigenvalue weighted by Crippen LogP contribution is -2.38. The third kappa shape index (κ3) is 4.89. The van der Waals surface area contributed by atoms with Crippen molar-refractivity contribution in [1.29, 1.82) is 0 Å². The maximum Gasteiger partial charge on any atom is 0.244 e. The van der Waals surface area contributed by atoms with Crippen LogP contribution in [0.15, 0.2) is 77.7 Å². The number of methoxy groups -OCH3 is 2. The number of carbonyl (C=O) groups is 2. The van der Waals surface area contributed by atoms with Crippen LogP contribution in [0.1, 0.15) is 17.2 Å². The molecule has 0 unspecified atom stereocenters. The Morgan fingerprint density at radius 3 is 2.25 bits per heavy atom. The van der Waals surface area contributed by atoms with Crippen LogP contribution in [0, 0.1) is 0 Å². The Labute approximate surface area is 191 Å². The molecular formula is C25H24N2O4S. The molecule has 1 heterocycles. The van der Waals surface area contributed by atoms with E-state index in [1.54, 1.807) is 55.1 Å². The molecule has 0 spiro atoms. The molecule has 3 aromatic carbocycles. The van der Waals surface area contributed by atoms with Gasteiger partial charge in [-0.15, -0.1) is 11.8 Å². The zero-order valence-corrected chi connectivity index (χ0v) is 18.7. The van der Waals surface area contributed by atoms with Crippen LogP contribution in [0.4, 0.5) is 11.4 Å². The molecule has 4 rings (SSSR count). The van der Waals surface area contributed by atoms with Gasteiger partial charge in [-0.05, 0) is 54.1 Å². The minimum atomic E-state index is -0.258. The van der Waals surface area contributed by atoms with Crippen molar-refractivity contribution in [3.8, 4) is 11.5 Å². The second-order valence-corrected chi connectivity index (χ2v) is 8.55. The Hall–Kier alpha value is -3.45. The van der Waals surface area contributed by atoms with E-state index in [1.165, 1.54) is 0 Å². The summed E-state index contributed by atoms with van der Waals surface area (Å²) < 4.78 is 10.4. The number of nitrogens with zero attached hydrogens (tertiary/aromatic N) is 1. The van der Waals surface area contributed by atoms with Crippen LogP contribution < -0.4 is 19.7 Å². The fourth-order valence-electron chi connectivity index (χ4n) is 3.57. The van der Waals surface area contributed by atoms with Gasteiger partial charge >= 0.3 is 0 Å². The van der Waals surface area contributed by atoms with Crippen molar-refractivity contribution in [3.05, 3.63) is 78.4 Å². The van der Waals surface area contributed by atoms with Crippen molar-refractivity contribution < 1.29 is 19.1 Å². The van der Waals surface area contributed by atoms with Gasteiger partial charge in [0.15, 0.2) is 0 Å². The quantitative estimate of drug-likeness (QED) is 0.580. The molecule has 3 aromatic rings. The number of ether oxygens (including phenoxy) is 2. The maximum atomic E-state index is 13.2. The highest BCUT2D eigenvalue weighted by atomic mass is 32.2. The highest BCUT2D eigenvalue weighted by Gasteiger charge is 2.30. The number of carbonyl (C=O) groups excluding carboxylic acids is 2. The van der Waals surface area contributed by atoms with Crippen LogP contribution in [0.2, 0.25) is 0 Å². The molecule has 164 valence electrons. The van der Waals surface area contributed by atoms with Gasteiger partial charge in [-0.25, -0.2) is 0 Å². The Kier molecular flexibility index (Phi) is 6.66. The Bertz CT molecular complexity index is 1100. The first-order chi connectivity index (χ1) is 15.6. The lowest BCUT2D eigenvalue weighted by Gasteiger charge is -2.22. The topological polar surface area (TPSA) is 67.9 Å². The normalized spacial score (nSPS) is 15.5. The molecule has 0 aliphatic carbocycles. The number of para-hydroxylation sites is 1. The summed E-state index contributed by atoms with van der Waals surface area (Å²) in [5.74, 6) is 1.14. The third-order valence-corrected chi connectivity index (χ3v) is 6.57. The first-order valence-electron chi connectivity index (χ1n) is 10.2. The summed E-state index contributed by atoms with van der Waals surface area (Å²) in [6.07, 6.45) is 0.293. The number of nitrogens with one attached hydrogen (secondary N) is 1. The second-order valence-electron chi connectivity index (χ2n) is 7.31. The minimum Gasteiger partial charge on any atom is -0.497 e.